The first-order valence-corrected chi connectivity index (χ1v) is 11.0. The molecule has 1 N–H and O–H groups in total. The van der Waals surface area contributed by atoms with Gasteiger partial charge in [-0.1, -0.05) is 6.07 Å². The summed E-state index contributed by atoms with van der Waals surface area (Å²) in [6, 6.07) is 9.57. The Bertz CT molecular complexity index is 1140. The molecule has 0 saturated carbocycles. The SMILES string of the molecule is N#Cc1c(NC(=O)CCc2cccnc2)sc2c1CCN(C(=O)OCc1ccncc1)C2. The van der Waals surface area contributed by atoms with Crippen molar-refractivity contribution in [2.24, 2.45) is 0 Å². The average molecular weight is 448 g/mol. The fourth-order valence-electron chi connectivity index (χ4n) is 3.47. The second-order valence-corrected chi connectivity index (χ2v) is 8.42. The van der Waals surface area contributed by atoms with Crippen LogP contribution in [0.15, 0.2) is 49.1 Å². The van der Waals surface area contributed by atoms with Crippen molar-refractivity contribution in [3.8, 4) is 6.07 Å². The van der Waals surface area contributed by atoms with E-state index in [1.54, 1.807) is 41.8 Å². The first-order chi connectivity index (χ1) is 15.6. The van der Waals surface area contributed by atoms with E-state index in [4.69, 9.17) is 4.74 Å². The molecule has 1 aliphatic rings. The average Bonchev–Trinajstić information content (AvgIpc) is 3.18. The number of ether oxygens (including phenoxy) is 1. The molecule has 4 heterocycles. The Labute approximate surface area is 189 Å². The number of pyridine rings is 2. The monoisotopic (exact) mass is 447 g/mol. The van der Waals surface area contributed by atoms with E-state index < -0.39 is 6.09 Å². The molecule has 0 unspecified atom stereocenters. The molecule has 3 aromatic heterocycles. The predicted octanol–water partition coefficient (Wildman–Crippen LogP) is 3.68. The van der Waals surface area contributed by atoms with Crippen molar-refractivity contribution < 1.29 is 14.3 Å². The van der Waals surface area contributed by atoms with Gasteiger partial charge in [0, 0.05) is 42.6 Å². The Kier molecular flexibility index (Phi) is 6.72. The van der Waals surface area contributed by atoms with Crippen molar-refractivity contribution in [3.05, 3.63) is 76.2 Å². The van der Waals surface area contributed by atoms with Gasteiger partial charge in [0.2, 0.25) is 5.91 Å². The van der Waals surface area contributed by atoms with E-state index in [9.17, 15) is 14.9 Å². The fraction of sp³-hybridized carbons (Fsp3) is 0.261. The van der Waals surface area contributed by atoms with Crippen molar-refractivity contribution in [1.82, 2.24) is 14.9 Å². The summed E-state index contributed by atoms with van der Waals surface area (Å²) in [5.41, 5.74) is 3.24. The molecule has 0 fully saturated rings. The number of nitriles is 1. The second-order valence-electron chi connectivity index (χ2n) is 7.31. The fourth-order valence-corrected chi connectivity index (χ4v) is 4.70. The molecule has 2 amide bonds. The molecule has 0 aromatic carbocycles. The van der Waals surface area contributed by atoms with Gasteiger partial charge in [-0.15, -0.1) is 11.3 Å². The second kappa shape index (κ2) is 10.0. The van der Waals surface area contributed by atoms with Crippen molar-refractivity contribution in [1.29, 1.82) is 5.26 Å². The van der Waals surface area contributed by atoms with Gasteiger partial charge >= 0.3 is 6.09 Å². The van der Waals surface area contributed by atoms with Gasteiger partial charge in [-0.2, -0.15) is 5.26 Å². The number of carbonyl (C=O) groups is 2. The number of amides is 2. The van der Waals surface area contributed by atoms with Crippen LogP contribution in [0.2, 0.25) is 0 Å². The molecule has 1 aliphatic heterocycles. The number of aryl methyl sites for hydroxylation is 1. The Hall–Kier alpha value is -3.77. The number of rotatable bonds is 6. The minimum Gasteiger partial charge on any atom is -0.445 e. The van der Waals surface area contributed by atoms with Crippen LogP contribution in [0.3, 0.4) is 0 Å². The molecule has 32 heavy (non-hydrogen) atoms. The molecule has 3 aromatic rings. The van der Waals surface area contributed by atoms with Crippen LogP contribution in [0, 0.1) is 11.3 Å². The van der Waals surface area contributed by atoms with Gasteiger partial charge in [-0.3, -0.25) is 14.8 Å². The molecule has 0 aliphatic carbocycles. The van der Waals surface area contributed by atoms with Crippen LogP contribution in [0.1, 0.15) is 33.6 Å². The van der Waals surface area contributed by atoms with Gasteiger partial charge in [0.1, 0.15) is 17.7 Å². The largest absolute Gasteiger partial charge is 0.445 e. The first kappa shape index (κ1) is 21.5. The van der Waals surface area contributed by atoms with Crippen LogP contribution >= 0.6 is 11.3 Å². The van der Waals surface area contributed by atoms with Crippen molar-refractivity contribution >= 4 is 28.3 Å². The van der Waals surface area contributed by atoms with Gasteiger partial charge < -0.3 is 15.0 Å². The van der Waals surface area contributed by atoms with E-state index in [1.165, 1.54) is 11.3 Å². The Morgan fingerprint density at radius 1 is 1.19 bits per heavy atom. The van der Waals surface area contributed by atoms with E-state index in [-0.39, 0.29) is 12.5 Å². The maximum absolute atomic E-state index is 12.5. The Balaban J connectivity index is 1.37. The van der Waals surface area contributed by atoms with E-state index in [0.717, 1.165) is 21.6 Å². The van der Waals surface area contributed by atoms with Crippen LogP contribution in [0.25, 0.3) is 0 Å². The summed E-state index contributed by atoms with van der Waals surface area (Å²) in [7, 11) is 0. The summed E-state index contributed by atoms with van der Waals surface area (Å²) in [6.45, 7) is 0.994. The maximum Gasteiger partial charge on any atom is 0.410 e. The first-order valence-electron chi connectivity index (χ1n) is 10.2. The standard InChI is InChI=1S/C23H21N5O3S/c24-12-19-18-7-11-28(23(30)31-15-17-5-9-25-10-6-17)14-20(18)32-22(19)27-21(29)4-3-16-2-1-8-26-13-16/h1-2,5-6,8-10,13H,3-4,7,11,14-15H2,(H,27,29). The van der Waals surface area contributed by atoms with Gasteiger partial charge in [-0.25, -0.2) is 4.79 Å². The van der Waals surface area contributed by atoms with Crippen LogP contribution in [-0.2, 0) is 35.5 Å². The summed E-state index contributed by atoms with van der Waals surface area (Å²) in [4.78, 5) is 35.4. The molecule has 162 valence electrons. The lowest BCUT2D eigenvalue weighted by atomic mass is 10.0. The quantitative estimate of drug-likeness (QED) is 0.618. The molecule has 0 atom stereocenters. The third-order valence-corrected chi connectivity index (χ3v) is 6.29. The number of fused-ring (bicyclic) bond motifs is 1. The summed E-state index contributed by atoms with van der Waals surface area (Å²) in [5, 5.41) is 13.1. The van der Waals surface area contributed by atoms with E-state index in [0.29, 0.717) is 42.9 Å². The number of anilines is 1. The smallest absolute Gasteiger partial charge is 0.410 e. The lowest BCUT2D eigenvalue weighted by molar-refractivity contribution is -0.116. The van der Waals surface area contributed by atoms with E-state index in [2.05, 4.69) is 21.4 Å². The number of aromatic nitrogens is 2. The summed E-state index contributed by atoms with van der Waals surface area (Å²) >= 11 is 1.35. The molecule has 8 nitrogen and oxygen atoms in total. The topological polar surface area (TPSA) is 108 Å². The molecule has 0 bridgehead atoms. The maximum atomic E-state index is 12.5. The van der Waals surface area contributed by atoms with Crippen molar-refractivity contribution in [3.63, 3.8) is 0 Å². The minimum absolute atomic E-state index is 0.155. The lowest BCUT2D eigenvalue weighted by Gasteiger charge is -2.26. The zero-order valence-corrected chi connectivity index (χ0v) is 18.1. The highest BCUT2D eigenvalue weighted by atomic mass is 32.1. The zero-order valence-electron chi connectivity index (χ0n) is 17.3. The number of nitrogens with zero attached hydrogens (tertiary/aromatic N) is 4. The molecule has 4 rings (SSSR count). The molecule has 0 radical (unpaired) electrons. The van der Waals surface area contributed by atoms with Crippen LogP contribution in [0.5, 0.6) is 0 Å². The third kappa shape index (κ3) is 5.10. The van der Waals surface area contributed by atoms with Crippen LogP contribution < -0.4 is 5.32 Å². The van der Waals surface area contributed by atoms with Crippen molar-refractivity contribution in [2.75, 3.05) is 11.9 Å². The Morgan fingerprint density at radius 2 is 2.03 bits per heavy atom. The van der Waals surface area contributed by atoms with Crippen molar-refractivity contribution in [2.45, 2.75) is 32.4 Å². The molecule has 0 spiro atoms. The summed E-state index contributed by atoms with van der Waals surface area (Å²) < 4.78 is 5.41. The van der Waals surface area contributed by atoms with E-state index >= 15 is 0 Å². The summed E-state index contributed by atoms with van der Waals surface area (Å²) in [6.07, 6.45) is 7.75. The van der Waals surface area contributed by atoms with E-state index in [1.807, 2.05) is 12.1 Å². The summed E-state index contributed by atoms with van der Waals surface area (Å²) in [5.74, 6) is -0.155. The normalized spacial score (nSPS) is 12.5. The highest BCUT2D eigenvalue weighted by Gasteiger charge is 2.28. The number of thiophene rings is 1. The van der Waals surface area contributed by atoms with Crippen LogP contribution in [0.4, 0.5) is 9.80 Å². The Morgan fingerprint density at radius 3 is 2.78 bits per heavy atom. The minimum atomic E-state index is -0.401. The van der Waals surface area contributed by atoms with Gasteiger partial charge in [0.25, 0.3) is 0 Å². The molecule has 0 saturated heterocycles. The van der Waals surface area contributed by atoms with Gasteiger partial charge in [-0.05, 0) is 47.7 Å². The zero-order chi connectivity index (χ0) is 22.3. The van der Waals surface area contributed by atoms with Gasteiger partial charge in [0.15, 0.2) is 0 Å². The number of hydrogen-bond acceptors (Lipinski definition) is 7. The lowest BCUT2D eigenvalue weighted by Crippen LogP contribution is -2.35. The predicted molar refractivity (Wildman–Crippen MR) is 119 cm³/mol. The number of carbonyl (C=O) groups excluding carboxylic acids is 2. The highest BCUT2D eigenvalue weighted by molar-refractivity contribution is 7.16. The number of hydrogen-bond donors (Lipinski definition) is 1. The molecular formula is C23H21N5O3S. The van der Waals surface area contributed by atoms with Crippen LogP contribution in [-0.4, -0.2) is 33.4 Å². The molecule has 9 heteroatoms. The number of nitrogens with one attached hydrogen (secondary N) is 1. The molecular weight excluding hydrogens is 426 g/mol. The third-order valence-electron chi connectivity index (χ3n) is 5.16. The highest BCUT2D eigenvalue weighted by Crippen LogP contribution is 2.37. The van der Waals surface area contributed by atoms with Gasteiger partial charge in [0.05, 0.1) is 12.1 Å².